The summed E-state index contributed by atoms with van der Waals surface area (Å²) < 4.78 is 5.19. The zero-order valence-electron chi connectivity index (χ0n) is 13.8. The summed E-state index contributed by atoms with van der Waals surface area (Å²) in [6.45, 7) is 11.7. The summed E-state index contributed by atoms with van der Waals surface area (Å²) in [6.07, 6.45) is 2.60. The molecule has 0 heterocycles. The first-order valence-corrected chi connectivity index (χ1v) is 8.17. The van der Waals surface area contributed by atoms with E-state index in [-0.39, 0.29) is 6.61 Å². The van der Waals surface area contributed by atoms with E-state index in [0.717, 1.165) is 44.6 Å². The molecule has 0 bridgehead atoms. The van der Waals surface area contributed by atoms with Crippen molar-refractivity contribution in [3.05, 3.63) is 0 Å². The lowest BCUT2D eigenvalue weighted by atomic mass is 9.72. The SMILES string of the molecule is CCNC1CC(C)CC(C)C1CN(CCO)CCOC. The zero-order chi connectivity index (χ0) is 15.0. The molecule has 1 saturated carbocycles. The highest BCUT2D eigenvalue weighted by Crippen LogP contribution is 2.34. The Morgan fingerprint density at radius 2 is 2.00 bits per heavy atom. The molecule has 0 aliphatic heterocycles. The molecule has 4 unspecified atom stereocenters. The molecular weight excluding hydrogens is 252 g/mol. The summed E-state index contributed by atoms with van der Waals surface area (Å²) in [6, 6.07) is 0.613. The van der Waals surface area contributed by atoms with Gasteiger partial charge in [0.05, 0.1) is 13.2 Å². The molecule has 1 aliphatic carbocycles. The van der Waals surface area contributed by atoms with E-state index < -0.39 is 0 Å². The molecular formula is C16H34N2O2. The summed E-state index contributed by atoms with van der Waals surface area (Å²) in [5, 5.41) is 12.9. The molecule has 0 amide bonds. The number of ether oxygens (including phenoxy) is 1. The van der Waals surface area contributed by atoms with Crippen LogP contribution in [0.2, 0.25) is 0 Å². The molecule has 0 aromatic carbocycles. The molecule has 2 N–H and O–H groups in total. The van der Waals surface area contributed by atoms with Crippen molar-refractivity contribution in [1.82, 2.24) is 10.2 Å². The Kier molecular flexibility index (Phi) is 8.69. The summed E-state index contributed by atoms with van der Waals surface area (Å²) in [4.78, 5) is 2.35. The Labute approximate surface area is 124 Å². The third-order valence-electron chi connectivity index (χ3n) is 4.64. The Balaban J connectivity index is 2.61. The molecule has 1 aliphatic rings. The van der Waals surface area contributed by atoms with E-state index in [1.165, 1.54) is 12.8 Å². The average Bonchev–Trinajstić information content (AvgIpc) is 2.40. The van der Waals surface area contributed by atoms with Gasteiger partial charge in [0.15, 0.2) is 0 Å². The number of hydrogen-bond acceptors (Lipinski definition) is 4. The van der Waals surface area contributed by atoms with Crippen LogP contribution in [0.15, 0.2) is 0 Å². The van der Waals surface area contributed by atoms with Gasteiger partial charge in [-0.2, -0.15) is 0 Å². The van der Waals surface area contributed by atoms with Crippen LogP contribution in [-0.4, -0.2) is 62.6 Å². The van der Waals surface area contributed by atoms with Crippen LogP contribution in [0.25, 0.3) is 0 Å². The topological polar surface area (TPSA) is 44.7 Å². The lowest BCUT2D eigenvalue weighted by Gasteiger charge is -2.42. The molecule has 4 atom stereocenters. The highest BCUT2D eigenvalue weighted by molar-refractivity contribution is 4.89. The normalized spacial score (nSPS) is 30.9. The van der Waals surface area contributed by atoms with Crippen LogP contribution in [0.5, 0.6) is 0 Å². The number of aliphatic hydroxyl groups excluding tert-OH is 1. The van der Waals surface area contributed by atoms with Gasteiger partial charge in [-0.1, -0.05) is 20.8 Å². The average molecular weight is 286 g/mol. The molecule has 4 nitrogen and oxygen atoms in total. The van der Waals surface area contributed by atoms with Crippen molar-refractivity contribution >= 4 is 0 Å². The second-order valence-corrected chi connectivity index (χ2v) is 6.40. The fourth-order valence-electron chi connectivity index (χ4n) is 3.67. The van der Waals surface area contributed by atoms with E-state index >= 15 is 0 Å². The minimum Gasteiger partial charge on any atom is -0.395 e. The standard InChI is InChI=1S/C16H34N2O2/c1-5-17-16-11-13(2)10-14(3)15(16)12-18(6-8-19)7-9-20-4/h13-17,19H,5-12H2,1-4H3. The zero-order valence-corrected chi connectivity index (χ0v) is 13.8. The molecule has 1 rings (SSSR count). The molecule has 4 heteroatoms. The van der Waals surface area contributed by atoms with E-state index in [2.05, 4.69) is 31.0 Å². The highest BCUT2D eigenvalue weighted by atomic mass is 16.5. The largest absolute Gasteiger partial charge is 0.395 e. The Bertz CT molecular complexity index is 251. The lowest BCUT2D eigenvalue weighted by Crippen LogP contribution is -2.49. The third kappa shape index (κ3) is 5.68. The number of nitrogens with zero attached hydrogens (tertiary/aromatic N) is 1. The van der Waals surface area contributed by atoms with Gasteiger partial charge in [-0.25, -0.2) is 0 Å². The lowest BCUT2D eigenvalue weighted by molar-refractivity contribution is 0.0733. The van der Waals surface area contributed by atoms with Gasteiger partial charge in [-0.15, -0.1) is 0 Å². The van der Waals surface area contributed by atoms with Crippen molar-refractivity contribution in [2.45, 2.75) is 39.7 Å². The second-order valence-electron chi connectivity index (χ2n) is 6.40. The van der Waals surface area contributed by atoms with Gasteiger partial charge in [0.25, 0.3) is 0 Å². The van der Waals surface area contributed by atoms with E-state index in [9.17, 15) is 5.11 Å². The monoisotopic (exact) mass is 286 g/mol. The van der Waals surface area contributed by atoms with Gasteiger partial charge < -0.3 is 15.2 Å². The molecule has 0 aromatic rings. The summed E-state index contributed by atoms with van der Waals surface area (Å²) in [5.41, 5.74) is 0. The highest BCUT2D eigenvalue weighted by Gasteiger charge is 2.34. The van der Waals surface area contributed by atoms with Gasteiger partial charge in [0.1, 0.15) is 0 Å². The van der Waals surface area contributed by atoms with Crippen molar-refractivity contribution in [2.75, 3.05) is 46.5 Å². The fourth-order valence-corrected chi connectivity index (χ4v) is 3.67. The van der Waals surface area contributed by atoms with Gasteiger partial charge in [0.2, 0.25) is 0 Å². The van der Waals surface area contributed by atoms with Crippen LogP contribution in [0.1, 0.15) is 33.6 Å². The minimum atomic E-state index is 0.229. The van der Waals surface area contributed by atoms with Crippen LogP contribution in [0, 0.1) is 17.8 Å². The van der Waals surface area contributed by atoms with Crippen LogP contribution >= 0.6 is 0 Å². The molecule has 120 valence electrons. The maximum atomic E-state index is 9.24. The van der Waals surface area contributed by atoms with Gasteiger partial charge in [-0.3, -0.25) is 4.90 Å². The smallest absolute Gasteiger partial charge is 0.0589 e. The molecule has 20 heavy (non-hydrogen) atoms. The summed E-state index contributed by atoms with van der Waals surface area (Å²) in [5.74, 6) is 2.23. The molecule has 1 fully saturated rings. The first-order valence-electron chi connectivity index (χ1n) is 8.17. The predicted molar refractivity (Wildman–Crippen MR) is 83.9 cm³/mol. The number of hydrogen-bond donors (Lipinski definition) is 2. The van der Waals surface area contributed by atoms with Crippen molar-refractivity contribution in [2.24, 2.45) is 17.8 Å². The molecule has 0 spiro atoms. The quantitative estimate of drug-likeness (QED) is 0.675. The maximum absolute atomic E-state index is 9.24. The van der Waals surface area contributed by atoms with Crippen molar-refractivity contribution < 1.29 is 9.84 Å². The van der Waals surface area contributed by atoms with E-state index in [1.807, 2.05) is 0 Å². The molecule has 0 radical (unpaired) electrons. The Hall–Kier alpha value is -0.160. The van der Waals surface area contributed by atoms with E-state index in [1.54, 1.807) is 7.11 Å². The minimum absolute atomic E-state index is 0.229. The van der Waals surface area contributed by atoms with E-state index in [0.29, 0.717) is 12.0 Å². The molecule has 0 aromatic heterocycles. The fraction of sp³-hybridized carbons (Fsp3) is 1.00. The third-order valence-corrected chi connectivity index (χ3v) is 4.64. The van der Waals surface area contributed by atoms with Crippen LogP contribution < -0.4 is 5.32 Å². The first-order chi connectivity index (χ1) is 9.62. The van der Waals surface area contributed by atoms with Crippen molar-refractivity contribution in [1.29, 1.82) is 0 Å². The summed E-state index contributed by atoms with van der Waals surface area (Å²) in [7, 11) is 1.74. The number of methoxy groups -OCH3 is 1. The van der Waals surface area contributed by atoms with E-state index in [4.69, 9.17) is 4.74 Å². The second kappa shape index (κ2) is 9.72. The van der Waals surface area contributed by atoms with Gasteiger partial charge >= 0.3 is 0 Å². The van der Waals surface area contributed by atoms with Crippen LogP contribution in [0.4, 0.5) is 0 Å². The van der Waals surface area contributed by atoms with Crippen molar-refractivity contribution in [3.8, 4) is 0 Å². The van der Waals surface area contributed by atoms with Crippen molar-refractivity contribution in [3.63, 3.8) is 0 Å². The Morgan fingerprint density at radius 1 is 1.25 bits per heavy atom. The number of rotatable bonds is 9. The summed E-state index contributed by atoms with van der Waals surface area (Å²) >= 11 is 0. The first kappa shape index (κ1) is 17.9. The van der Waals surface area contributed by atoms with Crippen LogP contribution in [0.3, 0.4) is 0 Å². The van der Waals surface area contributed by atoms with Gasteiger partial charge in [0, 0.05) is 32.8 Å². The Morgan fingerprint density at radius 3 is 2.60 bits per heavy atom. The molecule has 0 saturated heterocycles. The number of nitrogens with one attached hydrogen (secondary N) is 1. The number of aliphatic hydroxyl groups is 1. The van der Waals surface area contributed by atoms with Gasteiger partial charge in [-0.05, 0) is 37.1 Å². The maximum Gasteiger partial charge on any atom is 0.0589 e. The van der Waals surface area contributed by atoms with Crippen LogP contribution in [-0.2, 0) is 4.74 Å². The predicted octanol–water partition coefficient (Wildman–Crippen LogP) is 1.59.